The van der Waals surface area contributed by atoms with Crippen LogP contribution in [0.4, 0.5) is 5.69 Å². The van der Waals surface area contributed by atoms with Crippen molar-refractivity contribution in [1.82, 2.24) is 0 Å². The summed E-state index contributed by atoms with van der Waals surface area (Å²) >= 11 is 0. The third-order valence-corrected chi connectivity index (χ3v) is 3.35. The Morgan fingerprint density at radius 1 is 1.41 bits per heavy atom. The van der Waals surface area contributed by atoms with E-state index in [1.165, 1.54) is 11.1 Å². The maximum absolute atomic E-state index is 11.5. The summed E-state index contributed by atoms with van der Waals surface area (Å²) in [5, 5.41) is 2.91. The Morgan fingerprint density at radius 2 is 2.12 bits per heavy atom. The topological polar surface area (TPSA) is 55.1 Å². The van der Waals surface area contributed by atoms with E-state index in [1.54, 1.807) is 0 Å². The van der Waals surface area contributed by atoms with Crippen LogP contribution < -0.4 is 11.1 Å². The molecule has 3 N–H and O–H groups in total. The van der Waals surface area contributed by atoms with E-state index < -0.39 is 0 Å². The molecule has 1 amide bonds. The molecule has 3 nitrogen and oxygen atoms in total. The fraction of sp³-hybridized carbons (Fsp3) is 0.500. The van der Waals surface area contributed by atoms with Crippen molar-refractivity contribution in [2.24, 2.45) is 5.73 Å². The molecule has 1 atom stereocenters. The number of anilines is 1. The van der Waals surface area contributed by atoms with Crippen molar-refractivity contribution in [2.45, 2.75) is 38.5 Å². The molecular weight excluding hydrogens is 212 g/mol. The lowest BCUT2D eigenvalue weighted by Gasteiger charge is -2.28. The molecule has 1 aliphatic heterocycles. The van der Waals surface area contributed by atoms with E-state index in [-0.39, 0.29) is 17.2 Å². The first-order valence-corrected chi connectivity index (χ1v) is 6.06. The third kappa shape index (κ3) is 2.34. The van der Waals surface area contributed by atoms with E-state index >= 15 is 0 Å². The number of carbonyl (C=O) groups is 1. The van der Waals surface area contributed by atoms with E-state index in [2.05, 4.69) is 38.2 Å². The molecule has 1 heterocycles. The summed E-state index contributed by atoms with van der Waals surface area (Å²) in [4.78, 5) is 11.5. The molecule has 0 aromatic heterocycles. The maximum atomic E-state index is 11.5. The molecule has 0 bridgehead atoms. The first kappa shape index (κ1) is 12.1. The zero-order chi connectivity index (χ0) is 12.6. The van der Waals surface area contributed by atoms with Crippen molar-refractivity contribution in [2.75, 3.05) is 11.9 Å². The van der Waals surface area contributed by atoms with Gasteiger partial charge >= 0.3 is 0 Å². The minimum Gasteiger partial charge on any atom is -0.330 e. The first-order chi connectivity index (χ1) is 7.91. The maximum Gasteiger partial charge on any atom is 0.225 e. The number of hydrogen-bond donors (Lipinski definition) is 2. The van der Waals surface area contributed by atoms with Gasteiger partial charge in [-0.2, -0.15) is 0 Å². The van der Waals surface area contributed by atoms with Crippen LogP contribution >= 0.6 is 0 Å². The molecule has 0 spiro atoms. The van der Waals surface area contributed by atoms with Gasteiger partial charge < -0.3 is 11.1 Å². The molecule has 3 heteroatoms. The van der Waals surface area contributed by atoms with E-state index in [9.17, 15) is 4.79 Å². The number of rotatable bonds is 1. The Bertz CT molecular complexity index is 446. The van der Waals surface area contributed by atoms with Crippen LogP contribution in [0, 0.1) is 0 Å². The van der Waals surface area contributed by atoms with Crippen LogP contribution in [-0.2, 0) is 10.2 Å². The van der Waals surface area contributed by atoms with Crippen LogP contribution in [0.25, 0.3) is 0 Å². The first-order valence-electron chi connectivity index (χ1n) is 6.06. The molecule has 0 saturated carbocycles. The van der Waals surface area contributed by atoms with Gasteiger partial charge in [-0.3, -0.25) is 4.79 Å². The minimum absolute atomic E-state index is 0.0662. The van der Waals surface area contributed by atoms with Gasteiger partial charge in [-0.1, -0.05) is 32.9 Å². The Balaban J connectivity index is 2.46. The molecule has 0 radical (unpaired) electrons. The van der Waals surface area contributed by atoms with Gasteiger partial charge in [0.2, 0.25) is 5.91 Å². The standard InChI is InChI=1S/C14H20N2O/c1-14(2,3)10-4-5-12-11(7-10)9(8-15)6-13(17)16-12/h4-5,7,9H,6,8,15H2,1-3H3,(H,16,17). The molecule has 0 saturated heterocycles. The molecule has 2 rings (SSSR count). The average Bonchev–Trinajstić information content (AvgIpc) is 2.25. The third-order valence-electron chi connectivity index (χ3n) is 3.35. The van der Waals surface area contributed by atoms with Crippen LogP contribution in [0.5, 0.6) is 0 Å². The minimum atomic E-state index is 0.0662. The van der Waals surface area contributed by atoms with Crippen LogP contribution in [0.1, 0.15) is 44.2 Å². The SMILES string of the molecule is CC(C)(C)c1ccc2c(c1)C(CN)CC(=O)N2. The molecule has 92 valence electrons. The van der Waals surface area contributed by atoms with E-state index in [4.69, 9.17) is 5.73 Å². The van der Waals surface area contributed by atoms with E-state index in [0.717, 1.165) is 5.69 Å². The number of benzene rings is 1. The highest BCUT2D eigenvalue weighted by Gasteiger charge is 2.25. The Morgan fingerprint density at radius 3 is 2.71 bits per heavy atom. The number of hydrogen-bond acceptors (Lipinski definition) is 2. The van der Waals surface area contributed by atoms with Gasteiger partial charge in [0.05, 0.1) is 0 Å². The molecule has 1 aromatic carbocycles. The molecule has 17 heavy (non-hydrogen) atoms. The van der Waals surface area contributed by atoms with Crippen LogP contribution in [0.3, 0.4) is 0 Å². The van der Waals surface area contributed by atoms with Crippen molar-refractivity contribution in [1.29, 1.82) is 0 Å². The predicted molar refractivity (Wildman–Crippen MR) is 70.2 cm³/mol. The summed E-state index contributed by atoms with van der Waals surface area (Å²) < 4.78 is 0. The average molecular weight is 232 g/mol. The molecule has 1 aliphatic rings. The van der Waals surface area contributed by atoms with Crippen molar-refractivity contribution < 1.29 is 4.79 Å². The smallest absolute Gasteiger partial charge is 0.225 e. The zero-order valence-electron chi connectivity index (χ0n) is 10.7. The van der Waals surface area contributed by atoms with E-state index in [1.807, 2.05) is 6.07 Å². The monoisotopic (exact) mass is 232 g/mol. The second-order valence-electron chi connectivity index (χ2n) is 5.74. The number of fused-ring (bicyclic) bond motifs is 1. The lowest BCUT2D eigenvalue weighted by molar-refractivity contribution is -0.116. The van der Waals surface area contributed by atoms with Crippen LogP contribution in [0.2, 0.25) is 0 Å². The summed E-state index contributed by atoms with van der Waals surface area (Å²) in [7, 11) is 0. The Hall–Kier alpha value is -1.35. The highest BCUT2D eigenvalue weighted by Crippen LogP contribution is 2.35. The molecule has 0 fully saturated rings. The van der Waals surface area contributed by atoms with Crippen LogP contribution in [0.15, 0.2) is 18.2 Å². The Kier molecular flexibility index (Phi) is 2.96. The van der Waals surface area contributed by atoms with Crippen molar-refractivity contribution in [3.05, 3.63) is 29.3 Å². The summed E-state index contributed by atoms with van der Waals surface area (Å²) in [6.07, 6.45) is 0.497. The van der Waals surface area contributed by atoms with Gasteiger partial charge in [0.15, 0.2) is 0 Å². The lowest BCUT2D eigenvalue weighted by atomic mass is 9.82. The summed E-state index contributed by atoms with van der Waals surface area (Å²) in [6.45, 7) is 7.09. The van der Waals surface area contributed by atoms with Gasteiger partial charge in [0.1, 0.15) is 0 Å². The highest BCUT2D eigenvalue weighted by atomic mass is 16.1. The molecule has 1 aromatic rings. The molecular formula is C14H20N2O. The van der Waals surface area contributed by atoms with E-state index in [0.29, 0.717) is 13.0 Å². The fourth-order valence-corrected chi connectivity index (χ4v) is 2.23. The quantitative estimate of drug-likeness (QED) is 0.781. The van der Waals surface area contributed by atoms with Gasteiger partial charge in [-0.05, 0) is 29.2 Å². The van der Waals surface area contributed by atoms with Crippen LogP contribution in [-0.4, -0.2) is 12.5 Å². The molecule has 0 aliphatic carbocycles. The lowest BCUT2D eigenvalue weighted by Crippen LogP contribution is -2.27. The largest absolute Gasteiger partial charge is 0.330 e. The number of nitrogens with two attached hydrogens (primary N) is 1. The number of carbonyl (C=O) groups excluding carboxylic acids is 1. The van der Waals surface area contributed by atoms with Gasteiger partial charge in [0.25, 0.3) is 0 Å². The number of nitrogens with one attached hydrogen (secondary N) is 1. The van der Waals surface area contributed by atoms with Crippen molar-refractivity contribution in [3.63, 3.8) is 0 Å². The second-order valence-corrected chi connectivity index (χ2v) is 5.74. The summed E-state index contributed by atoms with van der Waals surface area (Å²) in [5.41, 5.74) is 9.26. The second kappa shape index (κ2) is 4.15. The number of amides is 1. The van der Waals surface area contributed by atoms with Gasteiger partial charge in [0, 0.05) is 18.0 Å². The Labute approximate surface area is 102 Å². The normalized spacial score (nSPS) is 19.8. The predicted octanol–water partition coefficient (Wildman–Crippen LogP) is 2.37. The fourth-order valence-electron chi connectivity index (χ4n) is 2.23. The zero-order valence-corrected chi connectivity index (χ0v) is 10.7. The van der Waals surface area contributed by atoms with Gasteiger partial charge in [-0.25, -0.2) is 0 Å². The summed E-state index contributed by atoms with van der Waals surface area (Å²) in [6, 6.07) is 6.26. The summed E-state index contributed by atoms with van der Waals surface area (Å²) in [5.74, 6) is 0.220. The van der Waals surface area contributed by atoms with Gasteiger partial charge in [-0.15, -0.1) is 0 Å². The molecule has 1 unspecified atom stereocenters. The van der Waals surface area contributed by atoms with Crippen molar-refractivity contribution in [3.8, 4) is 0 Å². The van der Waals surface area contributed by atoms with Crippen molar-refractivity contribution >= 4 is 11.6 Å². The highest BCUT2D eigenvalue weighted by molar-refractivity contribution is 5.94.